The molecule has 0 aliphatic heterocycles. The van der Waals surface area contributed by atoms with E-state index >= 15 is 0 Å². The Balaban J connectivity index is 2.42. The van der Waals surface area contributed by atoms with Crippen molar-refractivity contribution in [2.75, 3.05) is 24.7 Å². The molecule has 100 valence electrons. The average Bonchev–Trinajstić information content (AvgIpc) is 2.27. The van der Waals surface area contributed by atoms with Crippen LogP contribution >= 0.6 is 0 Å². The van der Waals surface area contributed by atoms with Gasteiger partial charge >= 0.3 is 5.97 Å². The van der Waals surface area contributed by atoms with Crippen LogP contribution in [0.15, 0.2) is 18.5 Å². The average molecular weight is 273 g/mol. The molecule has 7 nitrogen and oxygen atoms in total. The van der Waals surface area contributed by atoms with Crippen molar-refractivity contribution < 1.29 is 18.3 Å². The van der Waals surface area contributed by atoms with E-state index in [4.69, 9.17) is 5.11 Å². The zero-order chi connectivity index (χ0) is 13.6. The summed E-state index contributed by atoms with van der Waals surface area (Å²) in [5.74, 6) is -1.03. The summed E-state index contributed by atoms with van der Waals surface area (Å²) < 4.78 is 23.9. The molecule has 0 saturated heterocycles. The Morgan fingerprint density at radius 1 is 1.44 bits per heavy atom. The minimum atomic E-state index is -3.18. The van der Waals surface area contributed by atoms with E-state index in [9.17, 15) is 13.2 Å². The lowest BCUT2D eigenvalue weighted by atomic mass is 10.2. The van der Waals surface area contributed by atoms with Gasteiger partial charge < -0.3 is 10.4 Å². The molecule has 0 aliphatic rings. The van der Waals surface area contributed by atoms with Gasteiger partial charge in [-0.25, -0.2) is 17.9 Å². The van der Waals surface area contributed by atoms with E-state index < -0.39 is 16.0 Å². The fourth-order valence-electron chi connectivity index (χ4n) is 1.29. The van der Waals surface area contributed by atoms with Crippen LogP contribution in [0, 0.1) is 0 Å². The first kappa shape index (κ1) is 14.4. The number of hydrogen-bond donors (Lipinski definition) is 3. The topological polar surface area (TPSA) is 108 Å². The molecule has 0 unspecified atom stereocenters. The Morgan fingerprint density at radius 3 is 2.78 bits per heavy atom. The van der Waals surface area contributed by atoms with Crippen molar-refractivity contribution in [3.8, 4) is 0 Å². The molecule has 0 spiro atoms. The van der Waals surface area contributed by atoms with E-state index in [0.717, 1.165) is 6.26 Å². The molecule has 0 radical (unpaired) electrons. The SMILES string of the molecule is CS(=O)(=O)NCCCNc1cnccc1C(=O)O. The molecule has 1 rings (SSSR count). The van der Waals surface area contributed by atoms with Gasteiger partial charge in [-0.2, -0.15) is 0 Å². The Kier molecular flexibility index (Phi) is 5.05. The van der Waals surface area contributed by atoms with Gasteiger partial charge in [0.05, 0.1) is 23.7 Å². The maximum Gasteiger partial charge on any atom is 0.337 e. The molecule has 1 heterocycles. The van der Waals surface area contributed by atoms with Crippen molar-refractivity contribution in [3.05, 3.63) is 24.0 Å². The van der Waals surface area contributed by atoms with Crippen molar-refractivity contribution >= 4 is 21.7 Å². The normalized spacial score (nSPS) is 11.2. The number of nitrogens with one attached hydrogen (secondary N) is 2. The smallest absolute Gasteiger partial charge is 0.337 e. The van der Waals surface area contributed by atoms with Crippen LogP contribution in [0.1, 0.15) is 16.8 Å². The molecule has 0 saturated carbocycles. The van der Waals surface area contributed by atoms with Gasteiger partial charge in [0, 0.05) is 19.3 Å². The summed E-state index contributed by atoms with van der Waals surface area (Å²) in [5.41, 5.74) is 0.561. The molecule has 0 bridgehead atoms. The van der Waals surface area contributed by atoms with Crippen LogP contribution in [0.4, 0.5) is 5.69 Å². The molecule has 8 heteroatoms. The molecule has 0 aromatic carbocycles. The summed E-state index contributed by atoms with van der Waals surface area (Å²) in [6.45, 7) is 0.753. The number of pyridine rings is 1. The number of carboxylic acid groups (broad SMARTS) is 1. The molecule has 0 atom stereocenters. The Labute approximate surface area is 105 Å². The molecule has 0 fully saturated rings. The van der Waals surface area contributed by atoms with E-state index in [1.54, 1.807) is 0 Å². The van der Waals surface area contributed by atoms with Crippen LogP contribution < -0.4 is 10.0 Å². The summed E-state index contributed by atoms with van der Waals surface area (Å²) in [6.07, 6.45) is 4.46. The Bertz CT molecular complexity index is 516. The van der Waals surface area contributed by atoms with Crippen molar-refractivity contribution in [1.82, 2.24) is 9.71 Å². The summed E-state index contributed by atoms with van der Waals surface area (Å²) in [4.78, 5) is 14.7. The fraction of sp³-hybridized carbons (Fsp3) is 0.400. The standard InChI is InChI=1S/C10H15N3O4S/c1-18(16,17)13-5-2-4-12-9-7-11-6-3-8(9)10(14)15/h3,6-7,12-13H,2,4-5H2,1H3,(H,14,15). The summed E-state index contributed by atoms with van der Waals surface area (Å²) >= 11 is 0. The lowest BCUT2D eigenvalue weighted by Gasteiger charge is -2.08. The molecular weight excluding hydrogens is 258 g/mol. The summed E-state index contributed by atoms with van der Waals surface area (Å²) in [6, 6.07) is 1.40. The van der Waals surface area contributed by atoms with Gasteiger partial charge in [-0.1, -0.05) is 0 Å². The number of hydrogen-bond acceptors (Lipinski definition) is 5. The number of nitrogens with zero attached hydrogens (tertiary/aromatic N) is 1. The highest BCUT2D eigenvalue weighted by Gasteiger charge is 2.08. The van der Waals surface area contributed by atoms with Gasteiger partial charge in [0.15, 0.2) is 0 Å². The number of carbonyl (C=O) groups is 1. The minimum absolute atomic E-state index is 0.140. The first-order chi connectivity index (χ1) is 8.40. The summed E-state index contributed by atoms with van der Waals surface area (Å²) in [5, 5.41) is 11.8. The third-order valence-corrected chi connectivity index (χ3v) is 2.81. The van der Waals surface area contributed by atoms with Crippen LogP contribution in [0.2, 0.25) is 0 Å². The highest BCUT2D eigenvalue weighted by molar-refractivity contribution is 7.88. The van der Waals surface area contributed by atoms with Gasteiger partial charge in [-0.05, 0) is 12.5 Å². The Hall–Kier alpha value is -1.67. The third-order valence-electron chi connectivity index (χ3n) is 2.08. The van der Waals surface area contributed by atoms with Crippen molar-refractivity contribution in [3.63, 3.8) is 0 Å². The third kappa shape index (κ3) is 5.11. The van der Waals surface area contributed by atoms with Crippen molar-refractivity contribution in [2.24, 2.45) is 0 Å². The number of anilines is 1. The molecular formula is C10H15N3O4S. The van der Waals surface area contributed by atoms with Gasteiger partial charge in [-0.15, -0.1) is 0 Å². The molecule has 0 aliphatic carbocycles. The summed E-state index contributed by atoms with van der Waals surface area (Å²) in [7, 11) is -3.18. The predicted octanol–water partition coefficient (Wildman–Crippen LogP) is 0.131. The van der Waals surface area contributed by atoms with E-state index in [1.807, 2.05) is 0 Å². The van der Waals surface area contributed by atoms with Crippen LogP contribution in [-0.2, 0) is 10.0 Å². The zero-order valence-electron chi connectivity index (χ0n) is 9.88. The van der Waals surface area contributed by atoms with Crippen LogP contribution in [0.25, 0.3) is 0 Å². The monoisotopic (exact) mass is 273 g/mol. The highest BCUT2D eigenvalue weighted by Crippen LogP contribution is 2.12. The van der Waals surface area contributed by atoms with Crippen LogP contribution in [-0.4, -0.2) is 43.8 Å². The predicted molar refractivity (Wildman–Crippen MR) is 67.1 cm³/mol. The van der Waals surface area contributed by atoms with E-state index in [0.29, 0.717) is 25.2 Å². The lowest BCUT2D eigenvalue weighted by Crippen LogP contribution is -2.24. The van der Waals surface area contributed by atoms with Crippen molar-refractivity contribution in [1.29, 1.82) is 0 Å². The Morgan fingerprint density at radius 2 is 2.17 bits per heavy atom. The number of rotatable bonds is 7. The minimum Gasteiger partial charge on any atom is -0.478 e. The number of aromatic nitrogens is 1. The largest absolute Gasteiger partial charge is 0.478 e. The molecule has 1 aromatic heterocycles. The molecule has 0 amide bonds. The number of carboxylic acids is 1. The highest BCUT2D eigenvalue weighted by atomic mass is 32.2. The molecule has 18 heavy (non-hydrogen) atoms. The maximum absolute atomic E-state index is 10.9. The molecule has 3 N–H and O–H groups in total. The molecule has 1 aromatic rings. The first-order valence-electron chi connectivity index (χ1n) is 5.26. The fourth-order valence-corrected chi connectivity index (χ4v) is 1.81. The first-order valence-corrected chi connectivity index (χ1v) is 7.15. The van der Waals surface area contributed by atoms with Crippen molar-refractivity contribution in [2.45, 2.75) is 6.42 Å². The number of aromatic carboxylic acids is 1. The van der Waals surface area contributed by atoms with Gasteiger partial charge in [0.2, 0.25) is 10.0 Å². The number of sulfonamides is 1. The second kappa shape index (κ2) is 6.31. The lowest BCUT2D eigenvalue weighted by molar-refractivity contribution is 0.0698. The van der Waals surface area contributed by atoms with Gasteiger partial charge in [0.1, 0.15) is 0 Å². The van der Waals surface area contributed by atoms with E-state index in [2.05, 4.69) is 15.0 Å². The van der Waals surface area contributed by atoms with Crippen LogP contribution in [0.5, 0.6) is 0 Å². The maximum atomic E-state index is 10.9. The zero-order valence-corrected chi connectivity index (χ0v) is 10.7. The van der Waals surface area contributed by atoms with Gasteiger partial charge in [-0.3, -0.25) is 4.98 Å². The van der Waals surface area contributed by atoms with Crippen LogP contribution in [0.3, 0.4) is 0 Å². The second-order valence-corrected chi connectivity index (χ2v) is 5.51. The second-order valence-electron chi connectivity index (χ2n) is 3.67. The van der Waals surface area contributed by atoms with E-state index in [1.165, 1.54) is 18.5 Å². The van der Waals surface area contributed by atoms with E-state index in [-0.39, 0.29) is 5.56 Å². The van der Waals surface area contributed by atoms with Gasteiger partial charge in [0.25, 0.3) is 0 Å². The quantitative estimate of drug-likeness (QED) is 0.609.